The lowest BCUT2D eigenvalue weighted by atomic mass is 10.0. The second-order valence-electron chi connectivity index (χ2n) is 6.11. The molecule has 0 bridgehead atoms. The number of carbonyl (C=O) groups excluding carboxylic acids is 2. The Morgan fingerprint density at radius 3 is 2.62 bits per heavy atom. The van der Waals surface area contributed by atoms with E-state index in [2.05, 4.69) is 10.5 Å². The minimum atomic E-state index is -0.464. The van der Waals surface area contributed by atoms with Crippen LogP contribution in [0.25, 0.3) is 11.0 Å². The number of aromatic nitrogens is 1. The summed E-state index contributed by atoms with van der Waals surface area (Å²) >= 11 is 0. The van der Waals surface area contributed by atoms with Crippen molar-refractivity contribution < 1.29 is 18.8 Å². The van der Waals surface area contributed by atoms with Gasteiger partial charge in [0.15, 0.2) is 5.58 Å². The molecule has 0 aliphatic heterocycles. The highest BCUT2D eigenvalue weighted by molar-refractivity contribution is 5.86. The van der Waals surface area contributed by atoms with Crippen LogP contribution in [-0.2, 0) is 20.7 Å². The molecule has 1 aromatic heterocycles. The molecule has 0 saturated carbocycles. The highest BCUT2D eigenvalue weighted by Gasteiger charge is 2.20. The number of hydrogen-bond acceptors (Lipinski definition) is 5. The molecule has 0 radical (unpaired) electrons. The van der Waals surface area contributed by atoms with Crippen molar-refractivity contribution in [1.82, 2.24) is 10.5 Å². The summed E-state index contributed by atoms with van der Waals surface area (Å²) in [4.78, 5) is 24.3. The van der Waals surface area contributed by atoms with Crippen molar-refractivity contribution in [2.24, 2.45) is 0 Å². The molecule has 6 nitrogen and oxygen atoms in total. The first-order chi connectivity index (χ1) is 12.6. The fraction of sp³-hybridized carbons (Fsp3) is 0.250. The van der Waals surface area contributed by atoms with Gasteiger partial charge in [0.1, 0.15) is 5.69 Å². The molecular formula is C20H20N2O4. The maximum Gasteiger partial charge on any atom is 0.307 e. The Labute approximate surface area is 151 Å². The van der Waals surface area contributed by atoms with E-state index in [-0.39, 0.29) is 24.7 Å². The quantitative estimate of drug-likeness (QED) is 0.690. The Balaban J connectivity index is 1.76. The molecule has 1 atom stereocenters. The average Bonchev–Trinajstić information content (AvgIpc) is 3.04. The molecule has 3 aromatic rings. The van der Waals surface area contributed by atoms with Crippen molar-refractivity contribution in [3.63, 3.8) is 0 Å². The van der Waals surface area contributed by atoms with Gasteiger partial charge in [-0.25, -0.2) is 0 Å². The molecule has 6 heteroatoms. The third-order valence-corrected chi connectivity index (χ3v) is 4.19. The number of benzene rings is 2. The van der Waals surface area contributed by atoms with E-state index in [4.69, 9.17) is 9.26 Å². The number of ether oxygens (including phenoxy) is 1. The van der Waals surface area contributed by atoms with Crippen LogP contribution in [0, 0.1) is 6.92 Å². The number of nitrogens with one attached hydrogen (secondary N) is 1. The summed E-state index contributed by atoms with van der Waals surface area (Å²) < 4.78 is 9.98. The minimum absolute atomic E-state index is 0.0604. The van der Waals surface area contributed by atoms with E-state index < -0.39 is 6.04 Å². The van der Waals surface area contributed by atoms with Crippen molar-refractivity contribution in [3.05, 3.63) is 65.4 Å². The van der Waals surface area contributed by atoms with Gasteiger partial charge >= 0.3 is 5.97 Å². The van der Waals surface area contributed by atoms with E-state index in [0.29, 0.717) is 11.3 Å². The number of para-hydroxylation sites is 1. The van der Waals surface area contributed by atoms with Crippen LogP contribution in [0.5, 0.6) is 0 Å². The van der Waals surface area contributed by atoms with Crippen LogP contribution in [0.4, 0.5) is 0 Å². The second kappa shape index (κ2) is 7.82. The maximum absolute atomic E-state index is 12.5. The molecule has 1 amide bonds. The Kier molecular flexibility index (Phi) is 5.31. The maximum atomic E-state index is 12.5. The van der Waals surface area contributed by atoms with Gasteiger partial charge in [-0.1, -0.05) is 47.1 Å². The summed E-state index contributed by atoms with van der Waals surface area (Å²) in [6, 6.07) is 14.6. The summed E-state index contributed by atoms with van der Waals surface area (Å²) in [5.74, 6) is -0.624. The first kappa shape index (κ1) is 17.7. The van der Waals surface area contributed by atoms with Crippen LogP contribution in [0.3, 0.4) is 0 Å². The lowest BCUT2D eigenvalue weighted by molar-refractivity contribution is -0.141. The molecule has 0 saturated heterocycles. The Hall–Kier alpha value is -3.15. The topological polar surface area (TPSA) is 81.4 Å². The summed E-state index contributed by atoms with van der Waals surface area (Å²) in [7, 11) is 1.33. The van der Waals surface area contributed by atoms with Crippen molar-refractivity contribution in [2.45, 2.75) is 25.8 Å². The van der Waals surface area contributed by atoms with Crippen LogP contribution < -0.4 is 5.32 Å². The molecule has 2 aromatic carbocycles. The number of carbonyl (C=O) groups is 2. The second-order valence-corrected chi connectivity index (χ2v) is 6.11. The van der Waals surface area contributed by atoms with E-state index in [0.717, 1.165) is 16.5 Å². The van der Waals surface area contributed by atoms with Crippen LogP contribution in [0.2, 0.25) is 0 Å². The van der Waals surface area contributed by atoms with Gasteiger partial charge in [-0.15, -0.1) is 0 Å². The highest BCUT2D eigenvalue weighted by Crippen LogP contribution is 2.21. The zero-order valence-corrected chi connectivity index (χ0v) is 14.7. The third kappa shape index (κ3) is 4.08. The van der Waals surface area contributed by atoms with Crippen LogP contribution in [-0.4, -0.2) is 24.1 Å². The normalized spacial score (nSPS) is 11.9. The average molecular weight is 352 g/mol. The Bertz CT molecular complexity index is 915. The number of methoxy groups -OCH3 is 1. The van der Waals surface area contributed by atoms with Gasteiger partial charge in [0.2, 0.25) is 5.91 Å². The molecule has 1 heterocycles. The van der Waals surface area contributed by atoms with Crippen molar-refractivity contribution in [2.75, 3.05) is 7.11 Å². The van der Waals surface area contributed by atoms with E-state index in [1.165, 1.54) is 7.11 Å². The zero-order valence-electron chi connectivity index (χ0n) is 14.7. The number of hydrogen-bond donors (Lipinski definition) is 1. The predicted molar refractivity (Wildman–Crippen MR) is 96.4 cm³/mol. The van der Waals surface area contributed by atoms with Gasteiger partial charge in [0.05, 0.1) is 26.0 Å². The van der Waals surface area contributed by atoms with E-state index in [1.807, 2.05) is 49.4 Å². The summed E-state index contributed by atoms with van der Waals surface area (Å²) in [6.45, 7) is 1.98. The van der Waals surface area contributed by atoms with Crippen LogP contribution in [0.15, 0.2) is 53.1 Å². The standard InChI is InChI=1S/C20H20N2O4/c1-13-7-9-14(10-8-13)16(12-20(24)25-2)21-19(23)11-17-15-5-3-4-6-18(15)26-22-17/h3-10,16H,11-12H2,1-2H3,(H,21,23)/t16-/m1/s1. The zero-order chi connectivity index (χ0) is 18.5. The molecule has 134 valence electrons. The third-order valence-electron chi connectivity index (χ3n) is 4.19. The number of esters is 1. The lowest BCUT2D eigenvalue weighted by Crippen LogP contribution is -2.31. The summed E-state index contributed by atoms with van der Waals surface area (Å²) in [6.07, 6.45) is 0.130. The first-order valence-electron chi connectivity index (χ1n) is 8.33. The molecule has 0 unspecified atom stereocenters. The fourth-order valence-electron chi connectivity index (χ4n) is 2.76. The van der Waals surface area contributed by atoms with Crippen LogP contribution >= 0.6 is 0 Å². The van der Waals surface area contributed by atoms with Gasteiger partial charge in [0, 0.05) is 5.39 Å². The predicted octanol–water partition coefficient (Wildman–Crippen LogP) is 3.10. The van der Waals surface area contributed by atoms with Gasteiger partial charge in [-0.2, -0.15) is 0 Å². The first-order valence-corrected chi connectivity index (χ1v) is 8.33. The highest BCUT2D eigenvalue weighted by atomic mass is 16.5. The molecule has 0 spiro atoms. The number of fused-ring (bicyclic) bond motifs is 1. The minimum Gasteiger partial charge on any atom is -0.469 e. The van der Waals surface area contributed by atoms with Crippen molar-refractivity contribution >= 4 is 22.8 Å². The van der Waals surface area contributed by atoms with Gasteiger partial charge in [-0.05, 0) is 24.6 Å². The molecular weight excluding hydrogens is 332 g/mol. The van der Waals surface area contributed by atoms with Crippen molar-refractivity contribution in [1.29, 1.82) is 0 Å². The summed E-state index contributed by atoms with van der Waals surface area (Å²) in [5.41, 5.74) is 3.16. The van der Waals surface area contributed by atoms with E-state index in [1.54, 1.807) is 6.07 Å². The van der Waals surface area contributed by atoms with E-state index >= 15 is 0 Å². The number of aryl methyl sites for hydroxylation is 1. The smallest absolute Gasteiger partial charge is 0.307 e. The SMILES string of the molecule is COC(=O)C[C@@H](NC(=O)Cc1noc2ccccc12)c1ccc(C)cc1. The number of nitrogens with zero attached hydrogens (tertiary/aromatic N) is 1. The van der Waals surface area contributed by atoms with E-state index in [9.17, 15) is 9.59 Å². The Morgan fingerprint density at radius 1 is 1.15 bits per heavy atom. The fourth-order valence-corrected chi connectivity index (χ4v) is 2.76. The Morgan fingerprint density at radius 2 is 1.88 bits per heavy atom. The van der Waals surface area contributed by atoms with Gasteiger partial charge < -0.3 is 14.6 Å². The van der Waals surface area contributed by atoms with Crippen molar-refractivity contribution in [3.8, 4) is 0 Å². The van der Waals surface area contributed by atoms with Crippen LogP contribution in [0.1, 0.15) is 29.3 Å². The summed E-state index contributed by atoms with van der Waals surface area (Å²) in [5, 5.41) is 7.68. The lowest BCUT2D eigenvalue weighted by Gasteiger charge is -2.18. The molecule has 0 aliphatic rings. The molecule has 0 aliphatic carbocycles. The molecule has 26 heavy (non-hydrogen) atoms. The molecule has 1 N–H and O–H groups in total. The van der Waals surface area contributed by atoms with Gasteiger partial charge in [0.25, 0.3) is 0 Å². The monoisotopic (exact) mass is 352 g/mol. The number of amides is 1. The molecule has 3 rings (SSSR count). The molecule has 0 fully saturated rings. The van der Waals surface area contributed by atoms with Gasteiger partial charge in [-0.3, -0.25) is 9.59 Å². The largest absolute Gasteiger partial charge is 0.469 e. The number of rotatable bonds is 6.